The molecular formula is C21H21FN4O5. The van der Waals surface area contributed by atoms with Crippen LogP contribution < -0.4 is 16.0 Å². The monoisotopic (exact) mass is 428 g/mol. The van der Waals surface area contributed by atoms with Crippen molar-refractivity contribution >= 4 is 29.6 Å². The van der Waals surface area contributed by atoms with Crippen molar-refractivity contribution in [3.63, 3.8) is 0 Å². The second kappa shape index (κ2) is 9.70. The van der Waals surface area contributed by atoms with E-state index in [0.717, 1.165) is 4.90 Å². The molecule has 0 radical (unpaired) electrons. The Morgan fingerprint density at radius 3 is 2.58 bits per heavy atom. The fourth-order valence-corrected chi connectivity index (χ4v) is 3.07. The van der Waals surface area contributed by atoms with E-state index in [2.05, 4.69) is 20.7 Å². The third-order valence-electron chi connectivity index (χ3n) is 4.64. The number of carbonyl (C=O) groups excluding carboxylic acids is 4. The SMILES string of the molecule is COC(=O)CC(NC(=O)Nc1cccc(CN2C(=O)CNC2=O)c1)c1ccc(F)cc1. The van der Waals surface area contributed by atoms with Crippen molar-refractivity contribution in [2.45, 2.75) is 19.0 Å². The number of nitrogens with zero attached hydrogens (tertiary/aromatic N) is 1. The van der Waals surface area contributed by atoms with E-state index < -0.39 is 29.9 Å². The van der Waals surface area contributed by atoms with Crippen LogP contribution in [0.15, 0.2) is 48.5 Å². The molecule has 2 aromatic rings. The van der Waals surface area contributed by atoms with Crippen LogP contribution in [0.5, 0.6) is 0 Å². The quantitative estimate of drug-likeness (QED) is 0.462. The van der Waals surface area contributed by atoms with Gasteiger partial charge >= 0.3 is 18.0 Å². The first kappa shape index (κ1) is 21.8. The fraction of sp³-hybridized carbons (Fsp3) is 0.238. The van der Waals surface area contributed by atoms with Crippen LogP contribution in [0.25, 0.3) is 0 Å². The largest absolute Gasteiger partial charge is 0.469 e. The predicted octanol–water partition coefficient (Wildman–Crippen LogP) is 2.30. The topological polar surface area (TPSA) is 117 Å². The first-order chi connectivity index (χ1) is 14.9. The molecule has 0 bridgehead atoms. The molecule has 1 aliphatic heterocycles. The van der Waals surface area contributed by atoms with Crippen molar-refractivity contribution in [1.29, 1.82) is 0 Å². The Balaban J connectivity index is 1.67. The van der Waals surface area contributed by atoms with E-state index in [4.69, 9.17) is 0 Å². The molecular weight excluding hydrogens is 407 g/mol. The van der Waals surface area contributed by atoms with Gasteiger partial charge in [-0.1, -0.05) is 24.3 Å². The standard InChI is InChI=1S/C21H21FN4O5/c1-31-19(28)10-17(14-5-7-15(22)8-6-14)25-20(29)24-16-4-2-3-13(9-16)12-26-18(27)11-23-21(26)30/h2-9,17H,10-12H2,1H3,(H,23,30)(H2,24,25,29). The van der Waals surface area contributed by atoms with Crippen LogP contribution in [0.4, 0.5) is 19.7 Å². The Bertz CT molecular complexity index is 980. The zero-order valence-corrected chi connectivity index (χ0v) is 16.7. The molecule has 0 aromatic heterocycles. The Morgan fingerprint density at radius 1 is 1.19 bits per heavy atom. The summed E-state index contributed by atoms with van der Waals surface area (Å²) in [5, 5.41) is 7.77. The van der Waals surface area contributed by atoms with Crippen LogP contribution in [0.3, 0.4) is 0 Å². The van der Waals surface area contributed by atoms with Crippen LogP contribution in [-0.2, 0) is 20.9 Å². The van der Waals surface area contributed by atoms with E-state index in [1.807, 2.05) is 0 Å². The van der Waals surface area contributed by atoms with E-state index >= 15 is 0 Å². The maximum atomic E-state index is 13.2. The molecule has 9 nitrogen and oxygen atoms in total. The zero-order chi connectivity index (χ0) is 22.4. The van der Waals surface area contributed by atoms with Gasteiger partial charge in [0.05, 0.1) is 32.7 Å². The van der Waals surface area contributed by atoms with E-state index in [1.54, 1.807) is 24.3 Å². The number of urea groups is 2. The lowest BCUT2D eigenvalue weighted by Crippen LogP contribution is -2.34. The number of methoxy groups -OCH3 is 1. The second-order valence-corrected chi connectivity index (χ2v) is 6.82. The number of hydrogen-bond donors (Lipinski definition) is 3. The zero-order valence-electron chi connectivity index (χ0n) is 16.7. The summed E-state index contributed by atoms with van der Waals surface area (Å²) >= 11 is 0. The minimum atomic E-state index is -0.734. The van der Waals surface area contributed by atoms with Gasteiger partial charge in [-0.25, -0.2) is 14.0 Å². The Morgan fingerprint density at radius 2 is 1.94 bits per heavy atom. The molecule has 1 saturated heterocycles. The van der Waals surface area contributed by atoms with Crippen LogP contribution in [0.2, 0.25) is 0 Å². The summed E-state index contributed by atoms with van der Waals surface area (Å²) in [5.74, 6) is -1.30. The van der Waals surface area contributed by atoms with Gasteiger partial charge in [0.2, 0.25) is 5.91 Å². The number of imide groups is 1. The van der Waals surface area contributed by atoms with Gasteiger partial charge in [0.15, 0.2) is 0 Å². The molecule has 1 atom stereocenters. The van der Waals surface area contributed by atoms with E-state index in [0.29, 0.717) is 16.8 Å². The highest BCUT2D eigenvalue weighted by molar-refractivity contribution is 6.01. The molecule has 5 amide bonds. The Hall–Kier alpha value is -3.95. The van der Waals surface area contributed by atoms with Gasteiger partial charge in [0.1, 0.15) is 5.82 Å². The lowest BCUT2D eigenvalue weighted by atomic mass is 10.0. The van der Waals surface area contributed by atoms with Gasteiger partial charge in [-0.3, -0.25) is 14.5 Å². The van der Waals surface area contributed by atoms with Crippen molar-refractivity contribution in [2.24, 2.45) is 0 Å². The normalized spacial score (nSPS) is 14.1. The maximum absolute atomic E-state index is 13.2. The Kier molecular flexibility index (Phi) is 6.81. The second-order valence-electron chi connectivity index (χ2n) is 6.82. The molecule has 0 spiro atoms. The molecule has 31 heavy (non-hydrogen) atoms. The van der Waals surface area contributed by atoms with Crippen LogP contribution in [0, 0.1) is 5.82 Å². The van der Waals surface area contributed by atoms with Crippen LogP contribution in [-0.4, -0.2) is 42.5 Å². The minimum Gasteiger partial charge on any atom is -0.469 e. The molecule has 2 aromatic carbocycles. The van der Waals surface area contributed by atoms with Gasteiger partial charge in [0, 0.05) is 5.69 Å². The molecule has 1 aliphatic rings. The number of amides is 5. The van der Waals surface area contributed by atoms with Gasteiger partial charge in [-0.05, 0) is 35.4 Å². The third kappa shape index (κ3) is 5.78. The summed E-state index contributed by atoms with van der Waals surface area (Å²) in [5.41, 5.74) is 1.61. The molecule has 0 saturated carbocycles. The number of carbonyl (C=O) groups is 4. The number of anilines is 1. The molecule has 3 rings (SSSR count). The predicted molar refractivity (Wildman–Crippen MR) is 108 cm³/mol. The molecule has 1 unspecified atom stereocenters. The van der Waals surface area contributed by atoms with Crippen molar-refractivity contribution in [3.05, 3.63) is 65.5 Å². The number of rotatable bonds is 7. The van der Waals surface area contributed by atoms with Crippen molar-refractivity contribution in [2.75, 3.05) is 19.0 Å². The summed E-state index contributed by atoms with van der Waals surface area (Å²) < 4.78 is 17.9. The highest BCUT2D eigenvalue weighted by atomic mass is 19.1. The number of benzene rings is 2. The van der Waals surface area contributed by atoms with Gasteiger partial charge in [-0.15, -0.1) is 0 Å². The number of halogens is 1. The summed E-state index contributed by atoms with van der Waals surface area (Å²) in [4.78, 5) is 48.8. The van der Waals surface area contributed by atoms with Crippen molar-refractivity contribution in [1.82, 2.24) is 15.5 Å². The summed E-state index contributed by atoms with van der Waals surface area (Å²) in [6.45, 7) is 0.0342. The number of hydrogen-bond acceptors (Lipinski definition) is 5. The molecule has 0 aliphatic carbocycles. The minimum absolute atomic E-state index is 0.0376. The molecule has 1 heterocycles. The van der Waals surface area contributed by atoms with E-state index in [1.165, 1.54) is 31.4 Å². The highest BCUT2D eigenvalue weighted by Crippen LogP contribution is 2.19. The van der Waals surface area contributed by atoms with E-state index in [-0.39, 0.29) is 25.4 Å². The molecule has 1 fully saturated rings. The first-order valence-electron chi connectivity index (χ1n) is 9.42. The molecule has 3 N–H and O–H groups in total. The first-order valence-corrected chi connectivity index (χ1v) is 9.42. The molecule has 162 valence electrons. The number of nitrogens with one attached hydrogen (secondary N) is 3. The van der Waals surface area contributed by atoms with Gasteiger partial charge < -0.3 is 20.7 Å². The number of esters is 1. The van der Waals surface area contributed by atoms with Gasteiger partial charge in [0.25, 0.3) is 0 Å². The Labute approximate surface area is 177 Å². The van der Waals surface area contributed by atoms with Crippen LogP contribution >= 0.6 is 0 Å². The van der Waals surface area contributed by atoms with Crippen molar-refractivity contribution < 1.29 is 28.3 Å². The molecule has 10 heteroatoms. The number of ether oxygens (including phenoxy) is 1. The average molecular weight is 428 g/mol. The maximum Gasteiger partial charge on any atom is 0.324 e. The lowest BCUT2D eigenvalue weighted by Gasteiger charge is -2.19. The van der Waals surface area contributed by atoms with E-state index in [9.17, 15) is 23.6 Å². The average Bonchev–Trinajstić information content (AvgIpc) is 3.06. The fourth-order valence-electron chi connectivity index (χ4n) is 3.07. The van der Waals surface area contributed by atoms with Gasteiger partial charge in [-0.2, -0.15) is 0 Å². The summed E-state index contributed by atoms with van der Waals surface area (Å²) in [7, 11) is 1.24. The van der Waals surface area contributed by atoms with Crippen LogP contribution in [0.1, 0.15) is 23.6 Å². The summed E-state index contributed by atoms with van der Waals surface area (Å²) in [6, 6.07) is 10.3. The smallest absolute Gasteiger partial charge is 0.324 e. The summed E-state index contributed by atoms with van der Waals surface area (Å²) in [6.07, 6.45) is -0.137. The third-order valence-corrected chi connectivity index (χ3v) is 4.64. The lowest BCUT2D eigenvalue weighted by molar-refractivity contribution is -0.141. The van der Waals surface area contributed by atoms with Crippen molar-refractivity contribution in [3.8, 4) is 0 Å². The highest BCUT2D eigenvalue weighted by Gasteiger charge is 2.28.